The number of rotatable bonds is 0. The van der Waals surface area contributed by atoms with E-state index < -0.39 is 10.4 Å². The van der Waals surface area contributed by atoms with Gasteiger partial charge in [0.05, 0.1) is 0 Å². The van der Waals surface area contributed by atoms with Crippen molar-refractivity contribution in [1.82, 2.24) is 0 Å². The van der Waals surface area contributed by atoms with Gasteiger partial charge < -0.3 is 0 Å². The average Bonchev–Trinajstić information content (AvgIpc) is 0.722. The molecule has 48 valence electrons. The third kappa shape index (κ3) is 71.8. The molecule has 0 fully saturated rings. The molecule has 2 N–H and O–H groups in total. The Bertz CT molecular complexity index is 99.7. The minimum atomic E-state index is -4.67. The first-order chi connectivity index (χ1) is 2.00. The summed E-state index contributed by atoms with van der Waals surface area (Å²) in [5.74, 6) is 0. The zero-order chi connectivity index (χ0) is 4.50. The van der Waals surface area contributed by atoms with E-state index in [1.54, 1.807) is 0 Å². The van der Waals surface area contributed by atoms with E-state index >= 15 is 0 Å². The van der Waals surface area contributed by atoms with E-state index in [1.165, 1.54) is 0 Å². The molecular weight excluding hydrogens is 228 g/mol. The summed E-state index contributed by atoms with van der Waals surface area (Å²) in [6, 6.07) is 0. The minimum absolute atomic E-state index is 0. The maximum atomic E-state index is 8.74. The first kappa shape index (κ1) is 29.2. The van der Waals surface area contributed by atoms with Crippen LogP contribution in [0.3, 0.4) is 0 Å². The van der Waals surface area contributed by atoms with Crippen molar-refractivity contribution in [2.24, 2.45) is 0 Å². The Kier molecular flexibility index (Phi) is 47.8. The molecule has 4 nitrogen and oxygen atoms in total. The van der Waals surface area contributed by atoms with Gasteiger partial charge in [0, 0.05) is 0 Å². The van der Waals surface area contributed by atoms with Crippen LogP contribution in [0.25, 0.3) is 0 Å². The van der Waals surface area contributed by atoms with Crippen LogP contribution in [-0.4, -0.2) is 155 Å². The summed E-state index contributed by atoms with van der Waals surface area (Å²) in [4.78, 5) is 0. The predicted octanol–water partition coefficient (Wildman–Crippen LogP) is -4.32. The monoisotopic (exact) mass is 238 g/mol. The normalized spacial score (nSPS) is 6.44. The summed E-state index contributed by atoms with van der Waals surface area (Å²) in [5, 5.41) is 0. The van der Waals surface area contributed by atoms with Crippen LogP contribution in [-0.2, 0) is 10.4 Å². The Hall–Kier alpha value is 4.21. The van der Waals surface area contributed by atoms with Gasteiger partial charge >= 0.3 is 113 Å². The van der Waals surface area contributed by atoms with Crippen LogP contribution in [0.2, 0.25) is 0 Å². The van der Waals surface area contributed by atoms with Crippen molar-refractivity contribution in [2.45, 2.75) is 0 Å². The van der Waals surface area contributed by atoms with Crippen molar-refractivity contribution < 1.29 is 17.5 Å². The predicted molar refractivity (Wildman–Crippen MR) is 48.4 cm³/mol. The van der Waals surface area contributed by atoms with Crippen LogP contribution < -0.4 is 0 Å². The van der Waals surface area contributed by atoms with E-state index in [9.17, 15) is 0 Å². The molecule has 0 saturated carbocycles. The van der Waals surface area contributed by atoms with Gasteiger partial charge in [0.25, 0.3) is 0 Å². The Labute approximate surface area is 161 Å². The maximum absolute atomic E-state index is 8.74. The SMILES string of the molecule is O=S(=O)(O)O.[AlH3].[AlH3].[KH].[KH]. The third-order valence-corrected chi connectivity index (χ3v) is 0. The standard InChI is InChI=1S/2Al.2K.H2O4S.8H/c;;;;1-5(2,3)4;;;;;;;;/h;;;;(H2,1,2,3,4);;;;;;;;. The van der Waals surface area contributed by atoms with Gasteiger partial charge in [-0.05, 0) is 0 Å². The van der Waals surface area contributed by atoms with Crippen molar-refractivity contribution in [1.29, 1.82) is 0 Å². The molecule has 0 amide bonds. The third-order valence-electron chi connectivity index (χ3n) is 0. The van der Waals surface area contributed by atoms with Crippen LogP contribution in [0.1, 0.15) is 0 Å². The van der Waals surface area contributed by atoms with Gasteiger partial charge in [0.1, 0.15) is 0 Å². The molecule has 0 aromatic rings. The first-order valence-electron chi connectivity index (χ1n) is 0.698. The molecule has 0 aromatic heterocycles. The quantitative estimate of drug-likeness (QED) is 0.331. The van der Waals surface area contributed by atoms with Gasteiger partial charge in [-0.2, -0.15) is 8.42 Å². The molecule has 0 aliphatic heterocycles. The fourth-order valence-corrected chi connectivity index (χ4v) is 0. The van der Waals surface area contributed by atoms with Gasteiger partial charge in [0.15, 0.2) is 34.7 Å². The molecule has 0 radical (unpaired) electrons. The number of hydrogen-bond acceptors (Lipinski definition) is 2. The molecule has 0 unspecified atom stereocenters. The van der Waals surface area contributed by atoms with E-state index in [4.69, 9.17) is 17.5 Å². The molecule has 9 heteroatoms. The molecule has 0 heterocycles. The Morgan fingerprint density at radius 1 is 0.889 bits per heavy atom. The van der Waals surface area contributed by atoms with Gasteiger partial charge in [-0.15, -0.1) is 0 Å². The second-order valence-electron chi connectivity index (χ2n) is 0.448. The van der Waals surface area contributed by atoms with Crippen molar-refractivity contribution in [3.63, 3.8) is 0 Å². The van der Waals surface area contributed by atoms with E-state index in [0.29, 0.717) is 0 Å². The van der Waals surface area contributed by atoms with Crippen LogP contribution in [0.5, 0.6) is 0 Å². The molecule has 0 spiro atoms. The molecule has 0 aromatic carbocycles. The number of hydrogen-bond donors (Lipinski definition) is 2. The molecule has 0 aliphatic carbocycles. The topological polar surface area (TPSA) is 74.6 Å². The Morgan fingerprint density at radius 3 is 0.889 bits per heavy atom. The first-order valence-corrected chi connectivity index (χ1v) is 2.10. The van der Waals surface area contributed by atoms with E-state index in [1.807, 2.05) is 0 Å². The molecule has 0 saturated heterocycles. The van der Waals surface area contributed by atoms with Crippen molar-refractivity contribution in [3.8, 4) is 0 Å². The van der Waals surface area contributed by atoms with Gasteiger partial charge in [-0.3, -0.25) is 9.11 Å². The second-order valence-corrected chi connectivity index (χ2v) is 1.34. The van der Waals surface area contributed by atoms with Crippen LogP contribution in [0.4, 0.5) is 0 Å². The molecule has 0 atom stereocenters. The summed E-state index contributed by atoms with van der Waals surface area (Å²) < 4.78 is 31.6. The van der Waals surface area contributed by atoms with E-state index in [-0.39, 0.29) is 137 Å². The van der Waals surface area contributed by atoms with Crippen LogP contribution >= 0.6 is 0 Å². The molecule has 0 rings (SSSR count). The van der Waals surface area contributed by atoms with E-state index in [0.717, 1.165) is 0 Å². The fraction of sp³-hybridized carbons (Fsp3) is 0. The zero-order valence-electron chi connectivity index (χ0n) is 2.12. The Balaban J connectivity index is -0.0000000133. The van der Waals surface area contributed by atoms with Crippen LogP contribution in [0, 0.1) is 0 Å². The van der Waals surface area contributed by atoms with Crippen molar-refractivity contribution >= 4 is 148 Å². The van der Waals surface area contributed by atoms with Crippen LogP contribution in [0.15, 0.2) is 0 Å². The Morgan fingerprint density at radius 2 is 0.889 bits per heavy atom. The van der Waals surface area contributed by atoms with Crippen molar-refractivity contribution in [3.05, 3.63) is 0 Å². The molecule has 0 aliphatic rings. The molecular formula is H10Al2K2O4S. The second kappa shape index (κ2) is 14.7. The van der Waals surface area contributed by atoms with Crippen molar-refractivity contribution in [2.75, 3.05) is 0 Å². The molecule has 0 bridgehead atoms. The average molecular weight is 238 g/mol. The summed E-state index contributed by atoms with van der Waals surface area (Å²) in [5.41, 5.74) is 0. The molecule has 9 heavy (non-hydrogen) atoms. The summed E-state index contributed by atoms with van der Waals surface area (Å²) in [6.45, 7) is 0. The van der Waals surface area contributed by atoms with Gasteiger partial charge in [-0.1, -0.05) is 0 Å². The van der Waals surface area contributed by atoms with Gasteiger partial charge in [-0.25, -0.2) is 0 Å². The fourth-order valence-electron chi connectivity index (χ4n) is 0. The summed E-state index contributed by atoms with van der Waals surface area (Å²) in [6.07, 6.45) is 0. The zero-order valence-corrected chi connectivity index (χ0v) is 2.94. The van der Waals surface area contributed by atoms with E-state index in [2.05, 4.69) is 0 Å². The summed E-state index contributed by atoms with van der Waals surface area (Å²) >= 11 is 0. The summed E-state index contributed by atoms with van der Waals surface area (Å²) in [7, 11) is -4.67. The van der Waals surface area contributed by atoms with Gasteiger partial charge in [0.2, 0.25) is 0 Å².